The summed E-state index contributed by atoms with van der Waals surface area (Å²) in [4.78, 5) is 15.9. The van der Waals surface area contributed by atoms with Gasteiger partial charge in [0.25, 0.3) is 0 Å². The first kappa shape index (κ1) is 17.7. The van der Waals surface area contributed by atoms with Crippen molar-refractivity contribution in [2.75, 3.05) is 4.90 Å². The van der Waals surface area contributed by atoms with Crippen LogP contribution >= 0.6 is 0 Å². The lowest BCUT2D eigenvalue weighted by Crippen LogP contribution is -2.58. The van der Waals surface area contributed by atoms with Gasteiger partial charge in [0.05, 0.1) is 5.69 Å². The molecular weight excluding hydrogens is 362 g/mol. The minimum Gasteiger partial charge on any atom is -0.369 e. The predicted molar refractivity (Wildman–Crippen MR) is 117 cm³/mol. The standard InChI is InChI=1S/C22H25N7/c1-15-7-6-12-28-14-18(25-19(15)28)16-8-5-9-17(13-16)29-21(24)26-20(23)27-22(29)10-3-2-4-11-22/h5-9,12-14H,2-4,10-11H2,1H3,(H4,23,24,26,27). The number of anilines is 1. The van der Waals surface area contributed by atoms with Crippen LogP contribution in [-0.2, 0) is 0 Å². The second-order valence-corrected chi connectivity index (χ2v) is 7.92. The number of aromatic nitrogens is 2. The van der Waals surface area contributed by atoms with E-state index in [2.05, 4.69) is 51.7 Å². The fourth-order valence-electron chi connectivity index (χ4n) is 4.59. The summed E-state index contributed by atoms with van der Waals surface area (Å²) >= 11 is 0. The Balaban J connectivity index is 1.59. The summed E-state index contributed by atoms with van der Waals surface area (Å²) in [7, 11) is 0. The topological polar surface area (TPSA) is 97.3 Å². The van der Waals surface area contributed by atoms with Crippen LogP contribution in [0.5, 0.6) is 0 Å². The van der Waals surface area contributed by atoms with Gasteiger partial charge < -0.3 is 15.9 Å². The first-order valence-electron chi connectivity index (χ1n) is 10.1. The summed E-state index contributed by atoms with van der Waals surface area (Å²) in [5, 5.41) is 0. The summed E-state index contributed by atoms with van der Waals surface area (Å²) in [6, 6.07) is 12.4. The normalized spacial score (nSPS) is 18.7. The minimum absolute atomic E-state index is 0.271. The van der Waals surface area contributed by atoms with Gasteiger partial charge in [0.1, 0.15) is 11.3 Å². The van der Waals surface area contributed by atoms with E-state index in [1.54, 1.807) is 0 Å². The van der Waals surface area contributed by atoms with E-state index in [1.807, 2.05) is 18.3 Å². The van der Waals surface area contributed by atoms with Crippen molar-refractivity contribution in [2.45, 2.75) is 44.7 Å². The van der Waals surface area contributed by atoms with Crippen molar-refractivity contribution in [3.8, 4) is 11.3 Å². The molecule has 1 aliphatic heterocycles. The van der Waals surface area contributed by atoms with Crippen molar-refractivity contribution in [2.24, 2.45) is 21.5 Å². The lowest BCUT2D eigenvalue weighted by molar-refractivity contribution is 0.305. The van der Waals surface area contributed by atoms with Crippen molar-refractivity contribution in [1.82, 2.24) is 9.38 Å². The van der Waals surface area contributed by atoms with E-state index in [0.717, 1.165) is 53.8 Å². The van der Waals surface area contributed by atoms with Crippen molar-refractivity contribution < 1.29 is 0 Å². The summed E-state index contributed by atoms with van der Waals surface area (Å²) < 4.78 is 2.06. The molecule has 1 aliphatic carbocycles. The number of aliphatic imine (C=N–C) groups is 2. The number of rotatable bonds is 2. The van der Waals surface area contributed by atoms with Gasteiger partial charge in [0, 0.05) is 23.6 Å². The Bertz CT molecular complexity index is 1140. The third-order valence-electron chi connectivity index (χ3n) is 5.93. The number of imidazole rings is 1. The van der Waals surface area contributed by atoms with E-state index in [-0.39, 0.29) is 5.96 Å². The van der Waals surface area contributed by atoms with E-state index in [9.17, 15) is 0 Å². The fourth-order valence-corrected chi connectivity index (χ4v) is 4.59. The molecule has 1 saturated carbocycles. The summed E-state index contributed by atoms with van der Waals surface area (Å²) in [5.74, 6) is 0.676. The molecule has 1 aromatic carbocycles. The number of pyridine rings is 1. The van der Waals surface area contributed by atoms with Gasteiger partial charge in [-0.05, 0) is 56.4 Å². The molecule has 4 N–H and O–H groups in total. The molecule has 0 bridgehead atoms. The van der Waals surface area contributed by atoms with Crippen LogP contribution in [0.15, 0.2) is 58.8 Å². The lowest BCUT2D eigenvalue weighted by Gasteiger charge is -2.45. The molecule has 5 rings (SSSR count). The smallest absolute Gasteiger partial charge is 0.220 e. The summed E-state index contributed by atoms with van der Waals surface area (Å²) in [6.07, 6.45) is 9.33. The third kappa shape index (κ3) is 2.93. The van der Waals surface area contributed by atoms with Gasteiger partial charge in [-0.1, -0.05) is 24.6 Å². The Morgan fingerprint density at radius 3 is 2.66 bits per heavy atom. The van der Waals surface area contributed by atoms with Gasteiger partial charge in [-0.15, -0.1) is 0 Å². The molecule has 2 aromatic heterocycles. The number of nitrogens with zero attached hydrogens (tertiary/aromatic N) is 5. The highest BCUT2D eigenvalue weighted by Gasteiger charge is 2.42. The number of fused-ring (bicyclic) bond motifs is 1. The number of nitrogens with two attached hydrogens (primary N) is 2. The molecule has 0 saturated heterocycles. The monoisotopic (exact) mass is 387 g/mol. The molecule has 29 heavy (non-hydrogen) atoms. The molecular formula is C22H25N7. The number of hydrogen-bond acceptors (Lipinski definition) is 6. The summed E-state index contributed by atoms with van der Waals surface area (Å²) in [5.41, 5.74) is 17.0. The SMILES string of the molecule is Cc1cccn2cc(-c3cccc(N4C(N)=NC(N)=NC45CCCCC5)c3)nc12. The Labute approximate surface area is 169 Å². The van der Waals surface area contributed by atoms with Gasteiger partial charge in [-0.25, -0.2) is 9.98 Å². The largest absolute Gasteiger partial charge is 0.369 e. The third-order valence-corrected chi connectivity index (χ3v) is 5.93. The van der Waals surface area contributed by atoms with Crippen LogP contribution < -0.4 is 16.4 Å². The molecule has 0 atom stereocenters. The highest BCUT2D eigenvalue weighted by atomic mass is 15.4. The predicted octanol–water partition coefficient (Wildman–Crippen LogP) is 3.42. The van der Waals surface area contributed by atoms with E-state index >= 15 is 0 Å². The van der Waals surface area contributed by atoms with Crippen molar-refractivity contribution in [3.63, 3.8) is 0 Å². The Morgan fingerprint density at radius 1 is 1.03 bits per heavy atom. The minimum atomic E-state index is -0.442. The highest BCUT2D eigenvalue weighted by molar-refractivity contribution is 6.05. The molecule has 0 amide bonds. The molecule has 1 fully saturated rings. The van der Waals surface area contributed by atoms with Gasteiger partial charge in [-0.3, -0.25) is 4.90 Å². The zero-order chi connectivity index (χ0) is 20.0. The van der Waals surface area contributed by atoms with Crippen molar-refractivity contribution >= 4 is 23.3 Å². The van der Waals surface area contributed by atoms with Crippen LogP contribution in [0.25, 0.3) is 16.9 Å². The molecule has 0 radical (unpaired) electrons. The average molecular weight is 387 g/mol. The van der Waals surface area contributed by atoms with Gasteiger partial charge >= 0.3 is 0 Å². The Morgan fingerprint density at radius 2 is 1.86 bits per heavy atom. The lowest BCUT2D eigenvalue weighted by atomic mass is 9.87. The van der Waals surface area contributed by atoms with Crippen LogP contribution in [0.4, 0.5) is 5.69 Å². The first-order valence-corrected chi connectivity index (χ1v) is 10.1. The maximum absolute atomic E-state index is 6.37. The molecule has 7 heteroatoms. The van der Waals surface area contributed by atoms with Crippen LogP contribution in [0.2, 0.25) is 0 Å². The van der Waals surface area contributed by atoms with E-state index < -0.39 is 5.66 Å². The molecule has 1 spiro atoms. The first-order chi connectivity index (χ1) is 14.1. The maximum atomic E-state index is 6.37. The molecule has 2 aliphatic rings. The van der Waals surface area contributed by atoms with E-state index in [4.69, 9.17) is 21.4 Å². The Kier molecular flexibility index (Phi) is 4.04. The van der Waals surface area contributed by atoms with Crippen LogP contribution in [0, 0.1) is 6.92 Å². The number of aryl methyl sites for hydroxylation is 1. The number of hydrogen-bond donors (Lipinski definition) is 2. The molecule has 0 unspecified atom stereocenters. The molecule has 148 valence electrons. The summed E-state index contributed by atoms with van der Waals surface area (Å²) in [6.45, 7) is 2.07. The number of benzene rings is 1. The Hall–Kier alpha value is -3.35. The molecule has 7 nitrogen and oxygen atoms in total. The second kappa shape index (κ2) is 6.62. The van der Waals surface area contributed by atoms with E-state index in [1.165, 1.54) is 6.42 Å². The van der Waals surface area contributed by atoms with Gasteiger partial charge in [0.2, 0.25) is 11.9 Å². The van der Waals surface area contributed by atoms with Crippen LogP contribution in [-0.4, -0.2) is 27.0 Å². The quantitative estimate of drug-likeness (QED) is 0.704. The van der Waals surface area contributed by atoms with Gasteiger partial charge in [0.15, 0.2) is 0 Å². The average Bonchev–Trinajstić information content (AvgIpc) is 3.14. The van der Waals surface area contributed by atoms with Crippen molar-refractivity contribution in [3.05, 3.63) is 54.4 Å². The fraction of sp³-hybridized carbons (Fsp3) is 0.318. The molecule has 3 heterocycles. The zero-order valence-corrected chi connectivity index (χ0v) is 16.5. The van der Waals surface area contributed by atoms with Crippen molar-refractivity contribution in [1.29, 1.82) is 0 Å². The second-order valence-electron chi connectivity index (χ2n) is 7.92. The molecule has 3 aromatic rings. The van der Waals surface area contributed by atoms with Crippen LogP contribution in [0.1, 0.15) is 37.7 Å². The number of guanidine groups is 2. The highest BCUT2D eigenvalue weighted by Crippen LogP contribution is 2.40. The van der Waals surface area contributed by atoms with E-state index in [0.29, 0.717) is 5.96 Å². The van der Waals surface area contributed by atoms with Crippen LogP contribution in [0.3, 0.4) is 0 Å². The maximum Gasteiger partial charge on any atom is 0.220 e. The zero-order valence-electron chi connectivity index (χ0n) is 16.5. The van der Waals surface area contributed by atoms with Gasteiger partial charge in [-0.2, -0.15) is 4.99 Å².